The van der Waals surface area contributed by atoms with E-state index in [0.29, 0.717) is 23.8 Å². The fourth-order valence-corrected chi connectivity index (χ4v) is 3.33. The van der Waals surface area contributed by atoms with Crippen LogP contribution in [0.15, 0.2) is 30.5 Å². The number of hydrogen-bond acceptors (Lipinski definition) is 3. The molecule has 0 radical (unpaired) electrons. The van der Waals surface area contributed by atoms with Gasteiger partial charge in [-0.1, -0.05) is 23.7 Å². The number of piperazine rings is 1. The Labute approximate surface area is 152 Å². The summed E-state index contributed by atoms with van der Waals surface area (Å²) in [6.45, 7) is 3.93. The molecule has 134 valence electrons. The molecule has 1 aliphatic heterocycles. The maximum absolute atomic E-state index is 13.2. The first kappa shape index (κ1) is 17.9. The third-order valence-electron chi connectivity index (χ3n) is 4.50. The Morgan fingerprint density at radius 1 is 1.28 bits per heavy atom. The van der Waals surface area contributed by atoms with E-state index in [1.165, 1.54) is 6.07 Å². The molecular formula is C18H22ClFN4O. The van der Waals surface area contributed by atoms with Gasteiger partial charge in [0, 0.05) is 46.0 Å². The van der Waals surface area contributed by atoms with Crippen LogP contribution in [-0.4, -0.2) is 58.2 Å². The summed E-state index contributed by atoms with van der Waals surface area (Å²) in [5.41, 5.74) is 1.63. The van der Waals surface area contributed by atoms with Gasteiger partial charge in [0.25, 0.3) is 0 Å². The van der Waals surface area contributed by atoms with Crippen molar-refractivity contribution in [1.29, 1.82) is 0 Å². The molecule has 1 amide bonds. The Hall–Kier alpha value is -1.92. The maximum Gasteiger partial charge on any atom is 0.228 e. The predicted molar refractivity (Wildman–Crippen MR) is 95.0 cm³/mol. The summed E-state index contributed by atoms with van der Waals surface area (Å²) in [6.07, 6.45) is 2.76. The lowest BCUT2D eigenvalue weighted by Crippen LogP contribution is -2.49. The second-order valence-corrected chi connectivity index (χ2v) is 6.78. The van der Waals surface area contributed by atoms with Crippen molar-refractivity contribution in [1.82, 2.24) is 19.6 Å². The lowest BCUT2D eigenvalue weighted by molar-refractivity contribution is -0.132. The van der Waals surface area contributed by atoms with Gasteiger partial charge in [-0.3, -0.25) is 14.4 Å². The number of carbonyl (C=O) groups is 1. The standard InChI is InChI=1S/C18H22ClFN4O/c1-22-13-16(19)17(21-22)12-18(25)24-9-7-23(8-10-24)6-5-14-3-2-4-15(20)11-14/h2-4,11,13H,5-10,12H2,1H3. The van der Waals surface area contributed by atoms with Crippen molar-refractivity contribution in [3.8, 4) is 0 Å². The molecule has 0 saturated carbocycles. The van der Waals surface area contributed by atoms with E-state index in [0.717, 1.165) is 31.6 Å². The van der Waals surface area contributed by atoms with Crippen LogP contribution in [0.25, 0.3) is 0 Å². The Bertz CT molecular complexity index is 740. The normalized spacial score (nSPS) is 15.6. The summed E-state index contributed by atoms with van der Waals surface area (Å²) >= 11 is 6.07. The molecule has 1 aromatic carbocycles. The molecule has 1 saturated heterocycles. The lowest BCUT2D eigenvalue weighted by Gasteiger charge is -2.34. The molecule has 0 bridgehead atoms. The van der Waals surface area contributed by atoms with E-state index >= 15 is 0 Å². The molecule has 0 unspecified atom stereocenters. The van der Waals surface area contributed by atoms with Crippen LogP contribution in [0.3, 0.4) is 0 Å². The summed E-state index contributed by atoms with van der Waals surface area (Å²) in [6, 6.07) is 6.72. The van der Waals surface area contributed by atoms with E-state index in [4.69, 9.17) is 11.6 Å². The molecule has 0 spiro atoms. The van der Waals surface area contributed by atoms with Crippen molar-refractivity contribution in [3.63, 3.8) is 0 Å². The quantitative estimate of drug-likeness (QED) is 0.816. The number of carbonyl (C=O) groups excluding carboxylic acids is 1. The van der Waals surface area contributed by atoms with Gasteiger partial charge in [0.2, 0.25) is 5.91 Å². The Balaban J connectivity index is 1.45. The Morgan fingerprint density at radius 2 is 2.04 bits per heavy atom. The van der Waals surface area contributed by atoms with E-state index < -0.39 is 0 Å². The van der Waals surface area contributed by atoms with Gasteiger partial charge in [-0.05, 0) is 24.1 Å². The van der Waals surface area contributed by atoms with Crippen molar-refractivity contribution >= 4 is 17.5 Å². The average Bonchev–Trinajstić information content (AvgIpc) is 2.91. The Morgan fingerprint density at radius 3 is 2.68 bits per heavy atom. The van der Waals surface area contributed by atoms with E-state index in [1.807, 2.05) is 11.0 Å². The molecule has 3 rings (SSSR count). The molecule has 25 heavy (non-hydrogen) atoms. The zero-order valence-corrected chi connectivity index (χ0v) is 15.0. The molecule has 0 aliphatic carbocycles. The fourth-order valence-electron chi connectivity index (χ4n) is 3.08. The summed E-state index contributed by atoms with van der Waals surface area (Å²) in [5.74, 6) is -0.133. The van der Waals surface area contributed by atoms with Crippen LogP contribution >= 0.6 is 11.6 Å². The maximum atomic E-state index is 13.2. The van der Waals surface area contributed by atoms with Crippen LogP contribution in [0, 0.1) is 5.82 Å². The van der Waals surface area contributed by atoms with E-state index in [-0.39, 0.29) is 18.1 Å². The predicted octanol–water partition coefficient (Wildman–Crippen LogP) is 2.14. The van der Waals surface area contributed by atoms with Gasteiger partial charge in [-0.25, -0.2) is 4.39 Å². The van der Waals surface area contributed by atoms with Crippen LogP contribution in [-0.2, 0) is 24.7 Å². The highest BCUT2D eigenvalue weighted by Crippen LogP contribution is 2.15. The van der Waals surface area contributed by atoms with Crippen LogP contribution in [0.2, 0.25) is 5.02 Å². The molecular weight excluding hydrogens is 343 g/mol. The molecule has 5 nitrogen and oxygen atoms in total. The number of nitrogens with zero attached hydrogens (tertiary/aromatic N) is 4. The highest BCUT2D eigenvalue weighted by atomic mass is 35.5. The minimum Gasteiger partial charge on any atom is -0.340 e. The molecule has 1 aromatic heterocycles. The van der Waals surface area contributed by atoms with Crippen LogP contribution < -0.4 is 0 Å². The monoisotopic (exact) mass is 364 g/mol. The first-order valence-corrected chi connectivity index (χ1v) is 8.81. The number of aromatic nitrogens is 2. The van der Waals surface area contributed by atoms with Gasteiger partial charge >= 0.3 is 0 Å². The second-order valence-electron chi connectivity index (χ2n) is 6.38. The average molecular weight is 365 g/mol. The highest BCUT2D eigenvalue weighted by Gasteiger charge is 2.22. The van der Waals surface area contributed by atoms with Gasteiger partial charge in [0.15, 0.2) is 0 Å². The van der Waals surface area contributed by atoms with Crippen molar-refractivity contribution in [2.24, 2.45) is 7.05 Å². The summed E-state index contributed by atoms with van der Waals surface area (Å²) in [5, 5.41) is 4.76. The SMILES string of the molecule is Cn1cc(Cl)c(CC(=O)N2CCN(CCc3cccc(F)c3)CC2)n1. The zero-order chi connectivity index (χ0) is 17.8. The Kier molecular flexibility index (Phi) is 5.71. The van der Waals surface area contributed by atoms with Gasteiger partial charge in [0.1, 0.15) is 5.82 Å². The third kappa shape index (κ3) is 4.80. The topological polar surface area (TPSA) is 41.4 Å². The minimum absolute atomic E-state index is 0.0605. The zero-order valence-electron chi connectivity index (χ0n) is 14.3. The first-order chi connectivity index (χ1) is 12.0. The summed E-state index contributed by atoms with van der Waals surface area (Å²) in [7, 11) is 1.79. The summed E-state index contributed by atoms with van der Waals surface area (Å²) in [4.78, 5) is 16.6. The molecule has 1 fully saturated rings. The van der Waals surface area contributed by atoms with Gasteiger partial charge in [-0.15, -0.1) is 0 Å². The smallest absolute Gasteiger partial charge is 0.228 e. The number of rotatable bonds is 5. The van der Waals surface area contributed by atoms with Gasteiger partial charge in [0.05, 0.1) is 17.1 Å². The fraction of sp³-hybridized carbons (Fsp3) is 0.444. The van der Waals surface area contributed by atoms with Crippen LogP contribution in [0.5, 0.6) is 0 Å². The number of aryl methyl sites for hydroxylation is 1. The molecule has 2 aromatic rings. The number of halogens is 2. The minimum atomic E-state index is -0.193. The number of amides is 1. The highest BCUT2D eigenvalue weighted by molar-refractivity contribution is 6.31. The first-order valence-electron chi connectivity index (χ1n) is 8.44. The van der Waals surface area contributed by atoms with Gasteiger partial charge in [-0.2, -0.15) is 5.10 Å². The van der Waals surface area contributed by atoms with E-state index in [1.54, 1.807) is 30.1 Å². The third-order valence-corrected chi connectivity index (χ3v) is 4.82. The van der Waals surface area contributed by atoms with Crippen LogP contribution in [0.4, 0.5) is 4.39 Å². The lowest BCUT2D eigenvalue weighted by atomic mass is 10.1. The van der Waals surface area contributed by atoms with Gasteiger partial charge < -0.3 is 4.90 Å². The van der Waals surface area contributed by atoms with E-state index in [2.05, 4.69) is 10.00 Å². The van der Waals surface area contributed by atoms with Crippen molar-refractivity contribution in [2.75, 3.05) is 32.7 Å². The number of benzene rings is 1. The molecule has 7 heteroatoms. The molecule has 0 atom stereocenters. The molecule has 1 aliphatic rings. The van der Waals surface area contributed by atoms with Crippen LogP contribution in [0.1, 0.15) is 11.3 Å². The van der Waals surface area contributed by atoms with Crippen molar-refractivity contribution in [3.05, 3.63) is 52.6 Å². The van der Waals surface area contributed by atoms with E-state index in [9.17, 15) is 9.18 Å². The molecule has 2 heterocycles. The van der Waals surface area contributed by atoms with Crippen molar-refractivity contribution in [2.45, 2.75) is 12.8 Å². The largest absolute Gasteiger partial charge is 0.340 e. The molecule has 0 N–H and O–H groups in total. The van der Waals surface area contributed by atoms with Crippen molar-refractivity contribution < 1.29 is 9.18 Å². The summed E-state index contributed by atoms with van der Waals surface area (Å²) < 4.78 is 14.8. The second kappa shape index (κ2) is 7.97. The number of hydrogen-bond donors (Lipinski definition) is 0.